The molecule has 138 valence electrons. The molecule has 0 radical (unpaired) electrons. The number of benzene rings is 1. The molecule has 1 aromatic carbocycles. The van der Waals surface area contributed by atoms with Gasteiger partial charge in [0.05, 0.1) is 5.56 Å². The third-order valence-electron chi connectivity index (χ3n) is 4.73. The third kappa shape index (κ3) is 3.53. The van der Waals surface area contributed by atoms with Crippen LogP contribution >= 0.6 is 24.8 Å². The van der Waals surface area contributed by atoms with Crippen LogP contribution in [0.25, 0.3) is 11.0 Å². The summed E-state index contributed by atoms with van der Waals surface area (Å²) in [4.78, 5) is 18.9. The van der Waals surface area contributed by atoms with Crippen molar-refractivity contribution in [1.29, 1.82) is 0 Å². The molecule has 1 aliphatic heterocycles. The zero-order valence-corrected chi connectivity index (χ0v) is 15.9. The Balaban J connectivity index is 0.00000121. The van der Waals surface area contributed by atoms with E-state index in [0.717, 1.165) is 11.1 Å². The first-order valence-corrected chi connectivity index (χ1v) is 8.04. The van der Waals surface area contributed by atoms with Crippen molar-refractivity contribution in [2.75, 3.05) is 13.1 Å². The van der Waals surface area contributed by atoms with Crippen LogP contribution < -0.4 is 5.73 Å². The number of amides is 1. The molecule has 2 aromatic heterocycles. The standard InChI is InChI=1S/C18H19N5O.2ClH/c1-11-14-7-13(8-20-17(14)22-21-11)18(24)23-9-15(16(19)10-23)12-5-3-2-4-6-12;;/h2-8,15-16H,9-10,19H2,1H3,(H,20,21,22);2*1H/t15-,16+;;/m0../s1. The van der Waals surface area contributed by atoms with E-state index in [4.69, 9.17) is 5.73 Å². The van der Waals surface area contributed by atoms with E-state index in [1.807, 2.05) is 36.1 Å². The van der Waals surface area contributed by atoms with Gasteiger partial charge in [-0.1, -0.05) is 30.3 Å². The fourth-order valence-corrected chi connectivity index (χ4v) is 3.37. The zero-order chi connectivity index (χ0) is 16.7. The Bertz CT molecular complexity index is 899. The second-order valence-corrected chi connectivity index (χ2v) is 6.33. The Kier molecular flexibility index (Phi) is 6.23. The van der Waals surface area contributed by atoms with Crippen molar-refractivity contribution in [1.82, 2.24) is 20.1 Å². The minimum absolute atomic E-state index is 0. The van der Waals surface area contributed by atoms with Gasteiger partial charge in [-0.15, -0.1) is 24.8 Å². The van der Waals surface area contributed by atoms with Gasteiger partial charge in [-0.3, -0.25) is 9.89 Å². The highest BCUT2D eigenvalue weighted by Crippen LogP contribution is 2.27. The van der Waals surface area contributed by atoms with Gasteiger partial charge in [0.2, 0.25) is 0 Å². The number of carbonyl (C=O) groups is 1. The molecule has 0 aliphatic carbocycles. The van der Waals surface area contributed by atoms with Gasteiger partial charge in [0.15, 0.2) is 5.65 Å². The fraction of sp³-hybridized carbons (Fsp3) is 0.278. The molecule has 0 unspecified atom stereocenters. The number of H-pyrrole nitrogens is 1. The van der Waals surface area contributed by atoms with Crippen LogP contribution in [-0.4, -0.2) is 45.1 Å². The van der Waals surface area contributed by atoms with E-state index in [9.17, 15) is 4.79 Å². The maximum absolute atomic E-state index is 12.8. The smallest absolute Gasteiger partial charge is 0.255 e. The summed E-state index contributed by atoms with van der Waals surface area (Å²) in [5, 5.41) is 7.87. The van der Waals surface area contributed by atoms with Gasteiger partial charge in [-0.2, -0.15) is 5.10 Å². The summed E-state index contributed by atoms with van der Waals surface area (Å²) in [6, 6.07) is 11.9. The average molecular weight is 394 g/mol. The summed E-state index contributed by atoms with van der Waals surface area (Å²) < 4.78 is 0. The molecule has 3 N–H and O–H groups in total. The third-order valence-corrected chi connectivity index (χ3v) is 4.73. The quantitative estimate of drug-likeness (QED) is 0.700. The van der Waals surface area contributed by atoms with Gasteiger partial charge in [0.1, 0.15) is 0 Å². The first-order chi connectivity index (χ1) is 11.6. The highest BCUT2D eigenvalue weighted by molar-refractivity contribution is 5.97. The number of fused-ring (bicyclic) bond motifs is 1. The van der Waals surface area contributed by atoms with Crippen molar-refractivity contribution >= 4 is 41.8 Å². The molecule has 0 bridgehead atoms. The molecule has 8 heteroatoms. The summed E-state index contributed by atoms with van der Waals surface area (Å²) in [6.07, 6.45) is 1.59. The molecule has 1 saturated heterocycles. The van der Waals surface area contributed by atoms with E-state index >= 15 is 0 Å². The number of halogens is 2. The minimum atomic E-state index is -0.0521. The van der Waals surface area contributed by atoms with Crippen LogP contribution in [0.1, 0.15) is 27.5 Å². The molecule has 1 aliphatic rings. The lowest BCUT2D eigenvalue weighted by molar-refractivity contribution is 0.0789. The van der Waals surface area contributed by atoms with Gasteiger partial charge in [-0.05, 0) is 18.6 Å². The lowest BCUT2D eigenvalue weighted by Crippen LogP contribution is -2.32. The predicted octanol–water partition coefficient (Wildman–Crippen LogP) is 2.68. The number of rotatable bonds is 2. The average Bonchev–Trinajstić information content (AvgIpc) is 3.18. The molecule has 3 heterocycles. The number of aromatic nitrogens is 3. The van der Waals surface area contributed by atoms with Gasteiger partial charge < -0.3 is 10.6 Å². The molecule has 3 aromatic rings. The first kappa shape index (κ1) is 20.2. The van der Waals surface area contributed by atoms with Crippen LogP contribution in [0, 0.1) is 6.92 Å². The normalized spacial score (nSPS) is 19.1. The van der Waals surface area contributed by atoms with Crippen molar-refractivity contribution in [2.45, 2.75) is 18.9 Å². The van der Waals surface area contributed by atoms with Crippen LogP contribution in [0.5, 0.6) is 0 Å². The van der Waals surface area contributed by atoms with E-state index in [1.54, 1.807) is 6.20 Å². The number of aromatic amines is 1. The molecule has 0 saturated carbocycles. The van der Waals surface area contributed by atoms with Crippen molar-refractivity contribution in [2.24, 2.45) is 5.73 Å². The molecule has 0 spiro atoms. The number of nitrogens with one attached hydrogen (secondary N) is 1. The van der Waals surface area contributed by atoms with Crippen molar-refractivity contribution in [3.8, 4) is 0 Å². The Morgan fingerprint density at radius 3 is 2.69 bits per heavy atom. The summed E-state index contributed by atoms with van der Waals surface area (Å²) >= 11 is 0. The highest BCUT2D eigenvalue weighted by Gasteiger charge is 2.34. The molecule has 6 nitrogen and oxygen atoms in total. The van der Waals surface area contributed by atoms with E-state index < -0.39 is 0 Å². The van der Waals surface area contributed by atoms with Gasteiger partial charge in [0, 0.05) is 42.3 Å². The van der Waals surface area contributed by atoms with Crippen LogP contribution in [0.3, 0.4) is 0 Å². The molecular weight excluding hydrogens is 373 g/mol. The van der Waals surface area contributed by atoms with E-state index in [0.29, 0.717) is 24.3 Å². The van der Waals surface area contributed by atoms with Crippen molar-refractivity contribution in [3.63, 3.8) is 0 Å². The second-order valence-electron chi connectivity index (χ2n) is 6.33. The summed E-state index contributed by atoms with van der Waals surface area (Å²) in [5.41, 5.74) is 9.59. The number of nitrogens with two attached hydrogens (primary N) is 1. The number of pyridine rings is 1. The second kappa shape index (κ2) is 8.03. The lowest BCUT2D eigenvalue weighted by atomic mass is 9.95. The number of aryl methyl sites for hydroxylation is 1. The van der Waals surface area contributed by atoms with Crippen molar-refractivity contribution < 1.29 is 4.79 Å². The Labute approximate surface area is 164 Å². The molecule has 2 atom stereocenters. The van der Waals surface area contributed by atoms with Crippen LogP contribution in [0.15, 0.2) is 42.6 Å². The van der Waals surface area contributed by atoms with Gasteiger partial charge >= 0.3 is 0 Å². The Hall–Kier alpha value is -2.15. The number of carbonyl (C=O) groups excluding carboxylic acids is 1. The van der Waals surface area contributed by atoms with E-state index in [2.05, 4.69) is 27.3 Å². The molecule has 1 fully saturated rings. The largest absolute Gasteiger partial charge is 0.336 e. The Morgan fingerprint density at radius 1 is 1.23 bits per heavy atom. The van der Waals surface area contributed by atoms with Crippen molar-refractivity contribution in [3.05, 3.63) is 59.4 Å². The van der Waals surface area contributed by atoms with Crippen LogP contribution in [0.4, 0.5) is 0 Å². The van der Waals surface area contributed by atoms with Crippen LogP contribution in [-0.2, 0) is 0 Å². The summed E-state index contributed by atoms with van der Waals surface area (Å²) in [7, 11) is 0. The molecule has 4 rings (SSSR count). The molecule has 26 heavy (non-hydrogen) atoms. The lowest BCUT2D eigenvalue weighted by Gasteiger charge is -2.16. The van der Waals surface area contributed by atoms with E-state index in [1.165, 1.54) is 5.56 Å². The Morgan fingerprint density at radius 2 is 1.96 bits per heavy atom. The van der Waals surface area contributed by atoms with Gasteiger partial charge in [0.25, 0.3) is 5.91 Å². The minimum Gasteiger partial charge on any atom is -0.336 e. The first-order valence-electron chi connectivity index (χ1n) is 8.04. The number of likely N-dealkylation sites (tertiary alicyclic amines) is 1. The SMILES string of the molecule is Cc1[nH]nc2ncc(C(=O)N3C[C@@H](N)[C@H](c4ccccc4)C3)cc12.Cl.Cl. The molecular formula is C18H21Cl2N5O. The van der Waals surface area contributed by atoms with Gasteiger partial charge in [-0.25, -0.2) is 4.98 Å². The maximum atomic E-state index is 12.8. The number of nitrogens with zero attached hydrogens (tertiary/aromatic N) is 3. The summed E-state index contributed by atoms with van der Waals surface area (Å²) in [6.45, 7) is 3.11. The van der Waals surface area contributed by atoms with E-state index in [-0.39, 0.29) is 42.7 Å². The monoisotopic (exact) mass is 393 g/mol. The fourth-order valence-electron chi connectivity index (χ4n) is 3.37. The molecule has 1 amide bonds. The number of hydrogen-bond acceptors (Lipinski definition) is 4. The number of hydrogen-bond donors (Lipinski definition) is 2. The maximum Gasteiger partial charge on any atom is 0.255 e. The highest BCUT2D eigenvalue weighted by atomic mass is 35.5. The summed E-state index contributed by atoms with van der Waals surface area (Å²) in [5.74, 6) is 0.140. The predicted molar refractivity (Wildman–Crippen MR) is 106 cm³/mol. The zero-order valence-electron chi connectivity index (χ0n) is 14.3. The topological polar surface area (TPSA) is 87.9 Å². The van der Waals surface area contributed by atoms with Crippen LogP contribution in [0.2, 0.25) is 0 Å².